The highest BCUT2D eigenvalue weighted by Crippen LogP contribution is 2.23. The maximum atomic E-state index is 10.3. The number of hydrogen-bond acceptors (Lipinski definition) is 5. The topological polar surface area (TPSA) is 59.8 Å². The van der Waals surface area contributed by atoms with E-state index in [0.29, 0.717) is 13.2 Å². The van der Waals surface area contributed by atoms with Gasteiger partial charge in [0.2, 0.25) is 0 Å². The van der Waals surface area contributed by atoms with Gasteiger partial charge < -0.3 is 14.6 Å². The molecule has 2 heterocycles. The van der Waals surface area contributed by atoms with Crippen LogP contribution in [0.4, 0.5) is 0 Å². The van der Waals surface area contributed by atoms with Crippen molar-refractivity contribution in [2.24, 2.45) is 0 Å². The molecule has 25 heavy (non-hydrogen) atoms. The summed E-state index contributed by atoms with van der Waals surface area (Å²) in [5.41, 5.74) is 1.15. The van der Waals surface area contributed by atoms with Crippen molar-refractivity contribution in [2.75, 3.05) is 32.8 Å². The number of ether oxygens (including phenoxy) is 2. The highest BCUT2D eigenvalue weighted by Gasteiger charge is 2.23. The van der Waals surface area contributed by atoms with Gasteiger partial charge in [-0.3, -0.25) is 9.58 Å². The van der Waals surface area contributed by atoms with Crippen LogP contribution >= 0.6 is 15.9 Å². The highest BCUT2D eigenvalue weighted by molar-refractivity contribution is 9.10. The number of aryl methyl sites for hydroxylation is 1. The number of para-hydroxylation sites is 1. The first-order chi connectivity index (χ1) is 12.1. The summed E-state index contributed by atoms with van der Waals surface area (Å²) in [4.78, 5) is 2.22. The van der Waals surface area contributed by atoms with Crippen LogP contribution in [0.5, 0.6) is 5.75 Å². The summed E-state index contributed by atoms with van der Waals surface area (Å²) in [5.74, 6) is 0.746. The van der Waals surface area contributed by atoms with Gasteiger partial charge in [0, 0.05) is 25.8 Å². The Hall–Kier alpha value is -1.41. The van der Waals surface area contributed by atoms with Crippen molar-refractivity contribution < 1.29 is 14.6 Å². The number of aromatic nitrogens is 2. The van der Waals surface area contributed by atoms with Crippen LogP contribution < -0.4 is 4.74 Å². The van der Waals surface area contributed by atoms with E-state index in [0.717, 1.165) is 35.4 Å². The maximum Gasteiger partial charge on any atom is 0.133 e. The molecule has 6 nitrogen and oxygen atoms in total. The van der Waals surface area contributed by atoms with Gasteiger partial charge in [-0.25, -0.2) is 0 Å². The number of hydrogen-bond donors (Lipinski definition) is 1. The van der Waals surface area contributed by atoms with Gasteiger partial charge in [-0.05, 0) is 40.5 Å². The molecular weight excluding hydrogens is 386 g/mol. The lowest BCUT2D eigenvalue weighted by Crippen LogP contribution is -2.47. The molecule has 136 valence electrons. The van der Waals surface area contributed by atoms with Crippen molar-refractivity contribution in [1.82, 2.24) is 14.7 Å². The van der Waals surface area contributed by atoms with Crippen molar-refractivity contribution in [3.05, 3.63) is 46.7 Å². The Kier molecular flexibility index (Phi) is 6.47. The van der Waals surface area contributed by atoms with Crippen LogP contribution in [0, 0.1) is 6.92 Å². The molecule has 0 bridgehead atoms. The lowest BCUT2D eigenvalue weighted by molar-refractivity contribution is -0.0517. The van der Waals surface area contributed by atoms with Crippen molar-refractivity contribution >= 4 is 15.9 Å². The largest absolute Gasteiger partial charge is 0.490 e. The number of benzene rings is 1. The number of morpholine rings is 1. The molecule has 3 rings (SSSR count). The van der Waals surface area contributed by atoms with Gasteiger partial charge in [-0.1, -0.05) is 12.1 Å². The van der Waals surface area contributed by atoms with Crippen LogP contribution in [-0.2, 0) is 11.3 Å². The number of halogens is 1. The lowest BCUT2D eigenvalue weighted by atomic mass is 10.2. The Morgan fingerprint density at radius 1 is 1.44 bits per heavy atom. The van der Waals surface area contributed by atoms with Crippen molar-refractivity contribution in [1.29, 1.82) is 0 Å². The first-order valence-electron chi connectivity index (χ1n) is 8.48. The van der Waals surface area contributed by atoms with Gasteiger partial charge >= 0.3 is 0 Å². The van der Waals surface area contributed by atoms with Crippen LogP contribution in [-0.4, -0.2) is 64.8 Å². The standard InChI is InChI=1S/C18H24BrN3O3/c1-14-8-20-22(9-14)12-16-11-21(6-7-24-16)10-15(23)13-25-18-5-3-2-4-17(18)19/h2-5,8-9,15-16,23H,6-7,10-13H2,1H3. The summed E-state index contributed by atoms with van der Waals surface area (Å²) in [6.07, 6.45) is 3.41. The molecule has 1 aliphatic rings. The summed E-state index contributed by atoms with van der Waals surface area (Å²) in [7, 11) is 0. The molecule has 0 amide bonds. The average molecular weight is 410 g/mol. The Morgan fingerprint density at radius 3 is 3.04 bits per heavy atom. The Morgan fingerprint density at radius 2 is 2.28 bits per heavy atom. The molecule has 1 fully saturated rings. The van der Waals surface area contributed by atoms with E-state index in [1.807, 2.05) is 48.3 Å². The molecular formula is C18H24BrN3O3. The molecule has 1 saturated heterocycles. The third-order valence-electron chi connectivity index (χ3n) is 4.11. The minimum absolute atomic E-state index is 0.0874. The first-order valence-corrected chi connectivity index (χ1v) is 9.28. The van der Waals surface area contributed by atoms with E-state index in [4.69, 9.17) is 9.47 Å². The van der Waals surface area contributed by atoms with Crippen LogP contribution in [0.15, 0.2) is 41.1 Å². The summed E-state index contributed by atoms with van der Waals surface area (Å²) in [6, 6.07) is 7.65. The number of rotatable bonds is 7. The van der Waals surface area contributed by atoms with Gasteiger partial charge in [-0.2, -0.15) is 5.10 Å². The number of aliphatic hydroxyl groups excluding tert-OH is 1. The third kappa shape index (κ3) is 5.54. The first kappa shape index (κ1) is 18.4. The summed E-state index contributed by atoms with van der Waals surface area (Å²) < 4.78 is 14.3. The minimum atomic E-state index is -0.544. The van der Waals surface area contributed by atoms with Crippen LogP contribution in [0.25, 0.3) is 0 Å². The molecule has 0 spiro atoms. The van der Waals surface area contributed by atoms with Crippen molar-refractivity contribution in [2.45, 2.75) is 25.7 Å². The number of aliphatic hydroxyl groups is 1. The summed E-state index contributed by atoms with van der Waals surface area (Å²) in [6.45, 7) is 5.87. The SMILES string of the molecule is Cc1cnn(CC2CN(CC(O)COc3ccccc3Br)CCO2)c1. The van der Waals surface area contributed by atoms with E-state index in [1.165, 1.54) is 0 Å². The molecule has 0 saturated carbocycles. The zero-order valence-electron chi connectivity index (χ0n) is 14.3. The number of nitrogens with zero attached hydrogens (tertiary/aromatic N) is 3. The van der Waals surface area contributed by atoms with Gasteiger partial charge in [0.25, 0.3) is 0 Å². The predicted molar refractivity (Wildman–Crippen MR) is 98.8 cm³/mol. The van der Waals surface area contributed by atoms with E-state index in [-0.39, 0.29) is 12.7 Å². The van der Waals surface area contributed by atoms with Gasteiger partial charge in [0.1, 0.15) is 18.5 Å². The molecule has 1 aromatic carbocycles. The van der Waals surface area contributed by atoms with Crippen LogP contribution in [0.2, 0.25) is 0 Å². The van der Waals surface area contributed by atoms with Gasteiger partial charge in [0.05, 0.1) is 29.9 Å². The molecule has 0 radical (unpaired) electrons. The smallest absolute Gasteiger partial charge is 0.133 e. The quantitative estimate of drug-likeness (QED) is 0.758. The molecule has 0 aliphatic carbocycles. The molecule has 1 aromatic heterocycles. The van der Waals surface area contributed by atoms with Crippen LogP contribution in [0.1, 0.15) is 5.56 Å². The lowest BCUT2D eigenvalue weighted by Gasteiger charge is -2.34. The monoisotopic (exact) mass is 409 g/mol. The predicted octanol–water partition coefficient (Wildman–Crippen LogP) is 2.09. The highest BCUT2D eigenvalue weighted by atomic mass is 79.9. The Labute approximate surface area is 156 Å². The molecule has 2 atom stereocenters. The van der Waals surface area contributed by atoms with E-state index in [2.05, 4.69) is 25.9 Å². The molecule has 1 aliphatic heterocycles. The second kappa shape index (κ2) is 8.80. The van der Waals surface area contributed by atoms with Crippen molar-refractivity contribution in [3.8, 4) is 5.75 Å². The fraction of sp³-hybridized carbons (Fsp3) is 0.500. The summed E-state index contributed by atoms with van der Waals surface area (Å²) >= 11 is 3.44. The third-order valence-corrected chi connectivity index (χ3v) is 4.77. The fourth-order valence-electron chi connectivity index (χ4n) is 2.93. The molecule has 7 heteroatoms. The zero-order valence-corrected chi connectivity index (χ0v) is 15.9. The fourth-order valence-corrected chi connectivity index (χ4v) is 3.33. The maximum absolute atomic E-state index is 10.3. The normalized spacial score (nSPS) is 19.7. The molecule has 2 aromatic rings. The Bertz CT molecular complexity index is 679. The van der Waals surface area contributed by atoms with Gasteiger partial charge in [0.15, 0.2) is 0 Å². The average Bonchev–Trinajstić information content (AvgIpc) is 2.99. The van der Waals surface area contributed by atoms with Crippen molar-refractivity contribution in [3.63, 3.8) is 0 Å². The summed E-state index contributed by atoms with van der Waals surface area (Å²) in [5, 5.41) is 14.6. The van der Waals surface area contributed by atoms with E-state index in [9.17, 15) is 5.11 Å². The van der Waals surface area contributed by atoms with Crippen LogP contribution in [0.3, 0.4) is 0 Å². The Balaban J connectivity index is 1.44. The minimum Gasteiger partial charge on any atom is -0.490 e. The molecule has 1 N–H and O–H groups in total. The zero-order chi connectivity index (χ0) is 17.6. The van der Waals surface area contributed by atoms with E-state index < -0.39 is 6.10 Å². The second-order valence-corrected chi connectivity index (χ2v) is 7.24. The van der Waals surface area contributed by atoms with E-state index >= 15 is 0 Å². The second-order valence-electron chi connectivity index (χ2n) is 6.39. The molecule has 2 unspecified atom stereocenters. The van der Waals surface area contributed by atoms with Gasteiger partial charge in [-0.15, -0.1) is 0 Å². The number of β-amino-alcohol motifs (C(OH)–C–C–N with tert-alkyl or cyclic N) is 1. The van der Waals surface area contributed by atoms with E-state index in [1.54, 1.807) is 0 Å².